The number of aromatic hydroxyl groups is 2. The van der Waals surface area contributed by atoms with Gasteiger partial charge >= 0.3 is 0 Å². The predicted molar refractivity (Wildman–Crippen MR) is 456 cm³/mol. The molecule has 52 nitrogen and oxygen atoms in total. The molecule has 0 radical (unpaired) electrons. The van der Waals surface area contributed by atoms with E-state index >= 15 is 0 Å². The third-order valence-electron chi connectivity index (χ3n) is 18.2. The van der Waals surface area contributed by atoms with Gasteiger partial charge in [-0.15, -0.1) is 0 Å². The van der Waals surface area contributed by atoms with Gasteiger partial charge in [0.05, 0.1) is 82.4 Å². The summed E-state index contributed by atoms with van der Waals surface area (Å²) in [5.74, 6) is -15.4. The highest BCUT2D eigenvalue weighted by Gasteiger charge is 2.30. The van der Waals surface area contributed by atoms with Gasteiger partial charge in [-0.05, 0) is 105 Å². The fourth-order valence-electron chi connectivity index (χ4n) is 11.6. The number of guanidine groups is 2. The van der Waals surface area contributed by atoms with Crippen LogP contribution in [0.25, 0.3) is 0 Å². The van der Waals surface area contributed by atoms with E-state index < -0.39 is 195 Å². The van der Waals surface area contributed by atoms with Crippen LogP contribution in [0.4, 0.5) is 23.0 Å². The first-order valence-corrected chi connectivity index (χ1v) is 39.4. The van der Waals surface area contributed by atoms with Crippen molar-refractivity contribution in [2.75, 3.05) is 99.8 Å². The van der Waals surface area contributed by atoms with Crippen molar-refractivity contribution in [1.29, 1.82) is 10.8 Å². The number of hydrogen-bond acceptors (Lipinski definition) is 26. The molecule has 6 rings (SSSR count). The monoisotopic (exact) mass is 1790 g/mol. The minimum Gasteiger partial charge on any atom is -0.508 e. The molecule has 33 N–H and O–H groups in total. The Kier molecular flexibility index (Phi) is 39.8. The first kappa shape index (κ1) is 101. The van der Waals surface area contributed by atoms with Crippen molar-refractivity contribution in [2.45, 2.75) is 88.0 Å². The van der Waals surface area contributed by atoms with Gasteiger partial charge in [0.15, 0.2) is 23.6 Å². The standard InChI is InChI=1S/C76H106N32O20/c1-105-36-42(96-73(127)64-101-54(38-107(64)3)103-66(120)46(77)23-40-12-16-44(109)17-13-40)25-51(105)71(125)99-49(10-7-21-85-75(80)81)69(123)94-33-61(117)90-30-58(114)88-28-56(112)84-20-6-5-9-48(68(122)93-32-60(116)89-29-57(113)87-27-53(79)111)98-63(119)35-92-59(115)31-91-62(118)34-95-70(124)50(11-8-22-86-76(82)83)100-72(126)52-26-43(37-106(52)2)97-74(128)65-102-55(39-108(65)4)104-67(121)47(78)24-41-14-18-45(110)19-15-41/h12-19,25-26,36-39,46-50,109-110H,5-11,20-24,27-35,77-78H2,1-4H3,(H2,79,111)(H,84,112)(H,87,113)(H,88,114)(H,89,116)(H,90,117)(H,91,118)(H,92,115)(H,93,122)(H,94,123)(H,95,124)(H,96,127)(H,97,128)(H,98,119)(H,99,125)(H,100,126)(H,103,120)(H,104,121)(H4,80,81,85)(H4,82,83,86)/t46-,47-,48-,49-,50-/m0/s1. The van der Waals surface area contributed by atoms with E-state index in [0.717, 1.165) is 0 Å². The van der Waals surface area contributed by atoms with Gasteiger partial charge in [-0.3, -0.25) is 97.1 Å². The molecular weight excluding hydrogens is 1680 g/mol. The van der Waals surface area contributed by atoms with Crippen LogP contribution in [0.15, 0.2) is 85.5 Å². The molecule has 0 aliphatic carbocycles. The van der Waals surface area contributed by atoms with Crippen molar-refractivity contribution in [3.8, 4) is 11.5 Å². The van der Waals surface area contributed by atoms with Crippen LogP contribution < -0.4 is 130 Å². The Hall–Kier alpha value is -16.1. The van der Waals surface area contributed by atoms with E-state index in [1.807, 2.05) is 0 Å². The van der Waals surface area contributed by atoms with Crippen LogP contribution in [0.3, 0.4) is 0 Å². The molecular formula is C76H106N32O20. The lowest BCUT2D eigenvalue weighted by molar-refractivity contribution is -0.131. The number of carbonyl (C=O) groups is 18. The summed E-state index contributed by atoms with van der Waals surface area (Å²) in [4.78, 5) is 242. The maximum atomic E-state index is 13.7. The summed E-state index contributed by atoms with van der Waals surface area (Å²) in [5, 5.41) is 80.3. The number of phenols is 2. The Morgan fingerprint density at radius 3 is 1.02 bits per heavy atom. The quantitative estimate of drug-likeness (QED) is 0.00958. The second-order valence-corrected chi connectivity index (χ2v) is 28.7. The summed E-state index contributed by atoms with van der Waals surface area (Å²) >= 11 is 0. The normalized spacial score (nSPS) is 11.9. The number of amides is 18. The van der Waals surface area contributed by atoms with Crippen molar-refractivity contribution in [3.05, 3.63) is 120 Å². The van der Waals surface area contributed by atoms with Gasteiger partial charge in [-0.1, -0.05) is 24.3 Å². The number of benzene rings is 2. The average Bonchev–Trinajstić information content (AvgIpc) is 1.68. The molecule has 0 saturated heterocycles. The van der Waals surface area contributed by atoms with E-state index in [-0.39, 0.29) is 147 Å². The van der Waals surface area contributed by atoms with Crippen LogP contribution in [-0.2, 0) is 108 Å². The number of aromatic nitrogens is 6. The molecule has 0 aliphatic rings. The third-order valence-corrected chi connectivity index (χ3v) is 18.2. The number of carbonyl (C=O) groups excluding carboxylic acids is 18. The van der Waals surface area contributed by atoms with Gasteiger partial charge in [0, 0.05) is 72.6 Å². The molecule has 0 saturated carbocycles. The number of primary amides is 1. The van der Waals surface area contributed by atoms with Gasteiger partial charge in [0.2, 0.25) is 94.3 Å². The van der Waals surface area contributed by atoms with Crippen LogP contribution in [-0.4, -0.2) is 265 Å². The zero-order valence-corrected chi connectivity index (χ0v) is 70.1. The number of imidazole rings is 2. The largest absolute Gasteiger partial charge is 0.508 e. The lowest BCUT2D eigenvalue weighted by Gasteiger charge is -2.19. The molecule has 4 aromatic heterocycles. The van der Waals surface area contributed by atoms with Gasteiger partial charge in [-0.25, -0.2) is 9.97 Å². The topological polar surface area (TPSA) is 800 Å². The molecule has 0 unspecified atom stereocenters. The van der Waals surface area contributed by atoms with E-state index in [2.05, 4.69) is 111 Å². The van der Waals surface area contributed by atoms with Crippen LogP contribution in [0, 0.1) is 10.8 Å². The van der Waals surface area contributed by atoms with E-state index in [1.54, 1.807) is 24.3 Å². The predicted octanol–water partition coefficient (Wildman–Crippen LogP) is -9.51. The molecule has 128 heavy (non-hydrogen) atoms. The molecule has 0 fully saturated rings. The zero-order chi connectivity index (χ0) is 94.3. The molecule has 0 aliphatic heterocycles. The second kappa shape index (κ2) is 50.5. The number of nitrogens with two attached hydrogens (primary N) is 5. The van der Waals surface area contributed by atoms with Gasteiger partial charge in [0.1, 0.15) is 41.0 Å². The summed E-state index contributed by atoms with van der Waals surface area (Å²) < 4.78 is 5.39. The van der Waals surface area contributed by atoms with Crippen LogP contribution in [0.5, 0.6) is 11.5 Å². The Bertz CT molecular complexity index is 5040. The third kappa shape index (κ3) is 35.8. The Labute approximate surface area is 729 Å². The van der Waals surface area contributed by atoms with Crippen molar-refractivity contribution < 1.29 is 96.5 Å². The molecule has 2 aromatic carbocycles. The molecule has 0 spiro atoms. The zero-order valence-electron chi connectivity index (χ0n) is 70.1. The van der Waals surface area contributed by atoms with E-state index in [4.69, 9.17) is 39.5 Å². The van der Waals surface area contributed by atoms with Crippen LogP contribution in [0.2, 0.25) is 0 Å². The number of unbranched alkanes of at least 4 members (excludes halogenated alkanes) is 1. The van der Waals surface area contributed by atoms with Crippen LogP contribution >= 0.6 is 0 Å². The summed E-state index contributed by atoms with van der Waals surface area (Å²) in [5.41, 5.74) is 29.6. The first-order chi connectivity index (χ1) is 60.7. The summed E-state index contributed by atoms with van der Waals surface area (Å²) in [6.45, 7) is -5.88. The molecule has 18 amide bonds. The highest BCUT2D eigenvalue weighted by Crippen LogP contribution is 2.20. The lowest BCUT2D eigenvalue weighted by atomic mass is 10.1. The van der Waals surface area contributed by atoms with E-state index in [0.29, 0.717) is 11.1 Å². The van der Waals surface area contributed by atoms with Crippen LogP contribution in [0.1, 0.15) is 98.3 Å². The fraction of sp³-hybridized carbons (Fsp3) is 0.395. The van der Waals surface area contributed by atoms with E-state index in [9.17, 15) is 96.5 Å². The molecule has 5 atom stereocenters. The molecule has 52 heteroatoms. The SMILES string of the molecule is Cn1cc(NC(=O)c2nc(NC(=O)[C@@H](N)Cc3ccc(O)cc3)cn2C)cc1C(=O)N[C@@H](CCCNC(=N)N)C(=O)NCC(=O)NCC(=O)NCC(=O)NCCCC[C@H](NC(=O)CNC(=O)CNC(=O)CNC(=O)[C@H](CCCNC(=N)N)NC(=O)c1cc(NC(=O)c2nc(NC(=O)[C@@H](N)Cc3ccc(O)cc3)cn2C)cn1C)C(=O)NCC(=O)NCC(=O)NCC(N)=O. The van der Waals surface area contributed by atoms with Gasteiger partial charge in [0.25, 0.3) is 23.6 Å². The highest BCUT2D eigenvalue weighted by atomic mass is 16.3. The van der Waals surface area contributed by atoms with Crippen molar-refractivity contribution >= 4 is 141 Å². The smallest absolute Gasteiger partial charge is 0.291 e. The highest BCUT2D eigenvalue weighted by molar-refractivity contribution is 6.06. The maximum Gasteiger partial charge on any atom is 0.291 e. The molecule has 4 heterocycles. The van der Waals surface area contributed by atoms with Crippen molar-refractivity contribution in [2.24, 2.45) is 56.9 Å². The lowest BCUT2D eigenvalue weighted by Crippen LogP contribution is -2.52. The Morgan fingerprint density at radius 1 is 0.352 bits per heavy atom. The summed E-state index contributed by atoms with van der Waals surface area (Å²) in [7, 11) is 5.98. The Morgan fingerprint density at radius 2 is 0.664 bits per heavy atom. The minimum atomic E-state index is -1.40. The fourth-order valence-corrected chi connectivity index (χ4v) is 11.6. The number of anilines is 4. The first-order valence-electron chi connectivity index (χ1n) is 39.4. The van der Waals surface area contributed by atoms with Gasteiger partial charge < -0.3 is 158 Å². The Balaban J connectivity index is 0.923. The number of nitrogens with one attached hydrogen (secondary N) is 21. The maximum absolute atomic E-state index is 13.7. The summed E-state index contributed by atoms with van der Waals surface area (Å²) in [6, 6.07) is 8.87. The van der Waals surface area contributed by atoms with Crippen molar-refractivity contribution in [3.63, 3.8) is 0 Å². The number of phenolic OH excluding ortho intramolecular Hbond substituents is 2. The van der Waals surface area contributed by atoms with Crippen molar-refractivity contribution in [1.82, 2.24) is 108 Å². The molecule has 0 bridgehead atoms. The molecule has 690 valence electrons. The number of hydrogen-bond donors (Lipinski definition) is 28. The number of rotatable bonds is 51. The minimum absolute atomic E-state index is 0.0147. The van der Waals surface area contributed by atoms with E-state index in [1.165, 1.54) is 108 Å². The average molecular weight is 1790 g/mol. The second-order valence-electron chi connectivity index (χ2n) is 28.7. The summed E-state index contributed by atoms with van der Waals surface area (Å²) in [6.07, 6.45) is 6.18. The van der Waals surface area contributed by atoms with Gasteiger partial charge in [-0.2, -0.15) is 0 Å². The molecule has 6 aromatic rings. The number of aryl methyl sites for hydroxylation is 4. The number of nitrogens with zero attached hydrogens (tertiary/aromatic N) is 6.